The Labute approximate surface area is 177 Å². The van der Waals surface area contributed by atoms with Gasteiger partial charge in [0.1, 0.15) is 5.88 Å². The van der Waals surface area contributed by atoms with Gasteiger partial charge in [-0.3, -0.25) is 4.90 Å². The smallest absolute Gasteiger partial charge is 0.231 e. The second-order valence-corrected chi connectivity index (χ2v) is 12.4. The molecule has 0 radical (unpaired) electrons. The quantitative estimate of drug-likeness (QED) is 0.707. The average molecular weight is 458 g/mol. The Morgan fingerprint density at radius 2 is 1.90 bits per heavy atom. The third kappa shape index (κ3) is 3.70. The first kappa shape index (κ1) is 20.5. The van der Waals surface area contributed by atoms with Crippen LogP contribution < -0.4 is 14.2 Å². The monoisotopic (exact) mass is 457 g/mol. The Bertz CT molecular complexity index is 1060. The summed E-state index contributed by atoms with van der Waals surface area (Å²) in [5.74, 6) is 1.21. The summed E-state index contributed by atoms with van der Waals surface area (Å²) in [5.41, 5.74) is 2.43. The molecule has 2 fully saturated rings. The molecule has 2 saturated heterocycles. The first-order valence-corrected chi connectivity index (χ1v) is 13.8. The minimum absolute atomic E-state index is 0.122. The van der Waals surface area contributed by atoms with Gasteiger partial charge in [0.05, 0.1) is 6.26 Å². The molecule has 4 aliphatic heterocycles. The van der Waals surface area contributed by atoms with Crippen LogP contribution in [0.15, 0.2) is 12.1 Å². The van der Waals surface area contributed by atoms with Crippen molar-refractivity contribution in [2.45, 2.75) is 37.8 Å². The molecule has 0 aromatic heterocycles. The minimum Gasteiger partial charge on any atom is -0.454 e. The normalized spacial score (nSPS) is 29.2. The molecule has 9 nitrogen and oxygen atoms in total. The largest absolute Gasteiger partial charge is 0.454 e. The molecule has 11 heteroatoms. The van der Waals surface area contributed by atoms with Crippen molar-refractivity contribution in [3.05, 3.63) is 23.3 Å². The van der Waals surface area contributed by atoms with Crippen LogP contribution >= 0.6 is 0 Å². The van der Waals surface area contributed by atoms with Crippen molar-refractivity contribution in [2.24, 2.45) is 5.92 Å². The lowest BCUT2D eigenvalue weighted by Gasteiger charge is -2.51. The highest BCUT2D eigenvalue weighted by molar-refractivity contribution is 7.92. The lowest BCUT2D eigenvalue weighted by atomic mass is 9.77. The minimum atomic E-state index is -3.73. The molecule has 0 aliphatic carbocycles. The highest BCUT2D eigenvalue weighted by Gasteiger charge is 2.46. The van der Waals surface area contributed by atoms with Gasteiger partial charge in [-0.05, 0) is 54.9 Å². The maximum atomic E-state index is 13.0. The standard InChI is InChI=1S/C19H27N3O6S2/c1-29(23,24)20-11-30(25,26)22-5-2-3-14-10-21-6-4-13-7-18-19(28-12-27-18)8-15(13)17(21)9-16(14)22/h7-8,14,16-17,20H,2-6,9-12H2,1H3/t14-,16+,17+/m1/s1. The van der Waals surface area contributed by atoms with Crippen LogP contribution in [0.5, 0.6) is 11.5 Å². The Balaban J connectivity index is 1.43. The van der Waals surface area contributed by atoms with E-state index in [0.29, 0.717) is 13.0 Å². The topological polar surface area (TPSA) is 105 Å². The van der Waals surface area contributed by atoms with E-state index in [2.05, 4.69) is 21.8 Å². The van der Waals surface area contributed by atoms with Crippen molar-refractivity contribution in [1.29, 1.82) is 0 Å². The van der Waals surface area contributed by atoms with Crippen molar-refractivity contribution in [1.82, 2.24) is 13.9 Å². The van der Waals surface area contributed by atoms with Crippen LogP contribution in [0.1, 0.15) is 36.4 Å². The molecule has 1 aromatic rings. The second-order valence-electron chi connectivity index (χ2n) is 8.65. The van der Waals surface area contributed by atoms with Gasteiger partial charge >= 0.3 is 0 Å². The van der Waals surface area contributed by atoms with Crippen molar-refractivity contribution in [2.75, 3.05) is 38.6 Å². The number of benzene rings is 1. The zero-order valence-electron chi connectivity index (χ0n) is 16.9. The molecule has 166 valence electrons. The number of nitrogens with zero attached hydrogens (tertiary/aromatic N) is 2. The lowest BCUT2D eigenvalue weighted by Crippen LogP contribution is -2.58. The van der Waals surface area contributed by atoms with Gasteiger partial charge in [0.15, 0.2) is 11.5 Å². The maximum absolute atomic E-state index is 13.0. The molecule has 0 spiro atoms. The highest BCUT2D eigenvalue weighted by atomic mass is 32.2. The number of hydrogen-bond acceptors (Lipinski definition) is 7. The zero-order valence-corrected chi connectivity index (χ0v) is 18.5. The van der Waals surface area contributed by atoms with E-state index in [0.717, 1.165) is 50.1 Å². The van der Waals surface area contributed by atoms with Gasteiger partial charge in [-0.2, -0.15) is 9.03 Å². The predicted molar refractivity (Wildman–Crippen MR) is 110 cm³/mol. The first-order chi connectivity index (χ1) is 14.2. The third-order valence-corrected chi connectivity index (χ3v) is 9.29. The van der Waals surface area contributed by atoms with Crippen LogP contribution in [0, 0.1) is 5.92 Å². The molecule has 0 saturated carbocycles. The van der Waals surface area contributed by atoms with E-state index in [-0.39, 0.29) is 24.8 Å². The van der Waals surface area contributed by atoms with Gasteiger partial charge in [-0.25, -0.2) is 16.8 Å². The van der Waals surface area contributed by atoms with Crippen LogP contribution in [-0.4, -0.2) is 70.6 Å². The molecule has 4 aliphatic rings. The fourth-order valence-corrected chi connectivity index (χ4v) is 8.10. The van der Waals surface area contributed by atoms with Crippen molar-refractivity contribution in [3.8, 4) is 11.5 Å². The predicted octanol–water partition coefficient (Wildman–Crippen LogP) is 0.635. The van der Waals surface area contributed by atoms with E-state index < -0.39 is 25.9 Å². The third-order valence-electron chi connectivity index (χ3n) is 6.76. The Hall–Kier alpha value is -1.40. The van der Waals surface area contributed by atoms with Crippen LogP contribution in [0.25, 0.3) is 0 Å². The molecule has 0 unspecified atom stereocenters. The van der Waals surface area contributed by atoms with E-state index >= 15 is 0 Å². The molecule has 0 amide bonds. The number of fused-ring (bicyclic) bond motifs is 5. The summed E-state index contributed by atoms with van der Waals surface area (Å²) in [5, 5.41) is 0. The zero-order chi connectivity index (χ0) is 21.1. The Morgan fingerprint density at radius 1 is 1.13 bits per heavy atom. The summed E-state index contributed by atoms with van der Waals surface area (Å²) in [6, 6.07) is 4.12. The van der Waals surface area contributed by atoms with Gasteiger partial charge in [0.25, 0.3) is 0 Å². The summed E-state index contributed by atoms with van der Waals surface area (Å²) in [6.07, 6.45) is 4.42. The van der Waals surface area contributed by atoms with Crippen molar-refractivity contribution < 1.29 is 26.3 Å². The molecule has 30 heavy (non-hydrogen) atoms. The molecule has 3 atom stereocenters. The molecular formula is C19H27N3O6S2. The van der Waals surface area contributed by atoms with Crippen LogP contribution in [0.3, 0.4) is 0 Å². The van der Waals surface area contributed by atoms with E-state index in [4.69, 9.17) is 9.47 Å². The number of hydrogen-bond donors (Lipinski definition) is 1. The molecule has 1 aromatic carbocycles. The number of ether oxygens (including phenoxy) is 2. The Morgan fingerprint density at radius 3 is 2.67 bits per heavy atom. The van der Waals surface area contributed by atoms with Crippen LogP contribution in [-0.2, 0) is 26.5 Å². The van der Waals surface area contributed by atoms with E-state index in [1.165, 1.54) is 11.1 Å². The lowest BCUT2D eigenvalue weighted by molar-refractivity contribution is 0.0219. The summed E-state index contributed by atoms with van der Waals surface area (Å²) in [6.45, 7) is 2.48. The summed E-state index contributed by atoms with van der Waals surface area (Å²) >= 11 is 0. The molecule has 1 N–H and O–H groups in total. The molecule has 0 bridgehead atoms. The van der Waals surface area contributed by atoms with E-state index in [1.807, 2.05) is 0 Å². The Kier molecular flexibility index (Phi) is 5.01. The highest BCUT2D eigenvalue weighted by Crippen LogP contribution is 2.46. The van der Waals surface area contributed by atoms with Gasteiger partial charge in [-0.1, -0.05) is 0 Å². The SMILES string of the molecule is CS(=O)(=O)NCS(=O)(=O)N1CCC[C@@H]2CN3CCc4cc5c(cc4[C@@H]3C[C@@H]21)OCO5. The molecule has 5 rings (SSSR count). The van der Waals surface area contributed by atoms with E-state index in [1.54, 1.807) is 4.31 Å². The van der Waals surface area contributed by atoms with Gasteiger partial charge in [-0.15, -0.1) is 0 Å². The fourth-order valence-electron chi connectivity index (χ4n) is 5.40. The van der Waals surface area contributed by atoms with Crippen molar-refractivity contribution >= 4 is 20.0 Å². The maximum Gasteiger partial charge on any atom is 0.231 e. The number of sulfonamides is 2. The van der Waals surface area contributed by atoms with Crippen molar-refractivity contribution in [3.63, 3.8) is 0 Å². The summed E-state index contributed by atoms with van der Waals surface area (Å²) in [4.78, 5) is 2.47. The van der Waals surface area contributed by atoms with Crippen LogP contribution in [0.4, 0.5) is 0 Å². The van der Waals surface area contributed by atoms with Gasteiger partial charge in [0, 0.05) is 31.7 Å². The fraction of sp³-hybridized carbons (Fsp3) is 0.684. The van der Waals surface area contributed by atoms with Gasteiger partial charge in [0.2, 0.25) is 26.8 Å². The van der Waals surface area contributed by atoms with Gasteiger partial charge < -0.3 is 9.47 Å². The molecular weight excluding hydrogens is 430 g/mol. The summed E-state index contributed by atoms with van der Waals surface area (Å²) < 4.78 is 63.7. The second kappa shape index (κ2) is 7.33. The summed E-state index contributed by atoms with van der Waals surface area (Å²) in [7, 11) is -7.31. The number of rotatable bonds is 4. The molecule has 4 heterocycles. The number of piperidine rings is 2. The van der Waals surface area contributed by atoms with Crippen LogP contribution in [0.2, 0.25) is 0 Å². The average Bonchev–Trinajstić information content (AvgIpc) is 3.16. The first-order valence-electron chi connectivity index (χ1n) is 10.3. The number of nitrogens with one attached hydrogen (secondary N) is 1. The van der Waals surface area contributed by atoms with E-state index in [9.17, 15) is 16.8 Å².